The maximum atomic E-state index is 15.5. The van der Waals surface area contributed by atoms with Gasteiger partial charge in [0, 0.05) is 41.5 Å². The molecule has 6 aromatic rings. The molecule has 6 heterocycles. The van der Waals surface area contributed by atoms with Gasteiger partial charge in [-0.1, -0.05) is 0 Å². The molecule has 0 atom stereocenters. The van der Waals surface area contributed by atoms with Gasteiger partial charge in [-0.2, -0.15) is 16.4 Å². The number of imidazole rings is 1. The van der Waals surface area contributed by atoms with E-state index in [4.69, 9.17) is 0 Å². The number of H-pyrrole nitrogens is 2. The van der Waals surface area contributed by atoms with E-state index in [1.807, 2.05) is 17.5 Å². The van der Waals surface area contributed by atoms with Gasteiger partial charge in [-0.3, -0.25) is 5.10 Å². The first-order chi connectivity index (χ1) is 14.8. The van der Waals surface area contributed by atoms with Gasteiger partial charge in [-0.25, -0.2) is 29.3 Å². The summed E-state index contributed by atoms with van der Waals surface area (Å²) < 4.78 is 15.5. The lowest BCUT2D eigenvalue weighted by molar-refractivity contribution is 0.642. The SMILES string of the molecule is Fc1c(-c2cncnc2)cnc2n[nH]c(-c3nc4nccc(-c5ccsc5)c4[nH]3)c12. The Morgan fingerprint density at radius 1 is 0.933 bits per heavy atom. The number of nitrogens with zero attached hydrogens (tertiary/aromatic N) is 6. The lowest BCUT2D eigenvalue weighted by atomic mass is 10.1. The van der Waals surface area contributed by atoms with E-state index < -0.39 is 5.82 Å². The Morgan fingerprint density at radius 3 is 2.67 bits per heavy atom. The van der Waals surface area contributed by atoms with Gasteiger partial charge in [0.05, 0.1) is 10.9 Å². The van der Waals surface area contributed by atoms with Crippen molar-refractivity contribution >= 4 is 33.5 Å². The first-order valence-electron chi connectivity index (χ1n) is 8.95. The van der Waals surface area contributed by atoms with Crippen LogP contribution in [0.25, 0.3) is 56.0 Å². The third-order valence-electron chi connectivity index (χ3n) is 4.85. The molecule has 6 rings (SSSR count). The van der Waals surface area contributed by atoms with E-state index in [0.29, 0.717) is 28.3 Å². The fourth-order valence-corrected chi connectivity index (χ4v) is 4.11. The highest BCUT2D eigenvalue weighted by atomic mass is 32.1. The summed E-state index contributed by atoms with van der Waals surface area (Å²) in [5.74, 6) is -0.0325. The van der Waals surface area contributed by atoms with Gasteiger partial charge in [0.1, 0.15) is 17.8 Å². The maximum absolute atomic E-state index is 15.5. The van der Waals surface area contributed by atoms with Gasteiger partial charge < -0.3 is 4.98 Å². The molecule has 144 valence electrons. The maximum Gasteiger partial charge on any atom is 0.184 e. The van der Waals surface area contributed by atoms with Crippen molar-refractivity contribution in [1.29, 1.82) is 0 Å². The first-order valence-corrected chi connectivity index (χ1v) is 9.89. The molecule has 0 unspecified atom stereocenters. The molecule has 30 heavy (non-hydrogen) atoms. The molecule has 0 fully saturated rings. The second kappa shape index (κ2) is 6.49. The van der Waals surface area contributed by atoms with Gasteiger partial charge >= 0.3 is 0 Å². The van der Waals surface area contributed by atoms with Crippen molar-refractivity contribution in [1.82, 2.24) is 40.1 Å². The number of fused-ring (bicyclic) bond motifs is 2. The molecule has 2 N–H and O–H groups in total. The second-order valence-electron chi connectivity index (χ2n) is 6.56. The molecule has 0 saturated carbocycles. The molecule has 8 nitrogen and oxygen atoms in total. The minimum absolute atomic E-state index is 0.243. The highest BCUT2D eigenvalue weighted by Crippen LogP contribution is 2.34. The average Bonchev–Trinajstić information content (AvgIpc) is 3.53. The minimum Gasteiger partial charge on any atom is -0.335 e. The lowest BCUT2D eigenvalue weighted by Gasteiger charge is -2.03. The van der Waals surface area contributed by atoms with Gasteiger partial charge in [-0.05, 0) is 28.5 Å². The van der Waals surface area contributed by atoms with Crippen LogP contribution in [0.4, 0.5) is 4.39 Å². The Hall–Kier alpha value is -4.05. The van der Waals surface area contributed by atoms with Crippen LogP contribution in [0.3, 0.4) is 0 Å². The van der Waals surface area contributed by atoms with Crippen LogP contribution in [0.1, 0.15) is 0 Å². The Balaban J connectivity index is 1.57. The Bertz CT molecular complexity index is 1500. The number of aromatic nitrogens is 8. The largest absolute Gasteiger partial charge is 0.335 e. The summed E-state index contributed by atoms with van der Waals surface area (Å²) in [5, 5.41) is 11.3. The van der Waals surface area contributed by atoms with Crippen LogP contribution in [0.5, 0.6) is 0 Å². The zero-order valence-corrected chi connectivity index (χ0v) is 16.0. The van der Waals surface area contributed by atoms with Crippen molar-refractivity contribution in [2.24, 2.45) is 0 Å². The summed E-state index contributed by atoms with van der Waals surface area (Å²) in [6.45, 7) is 0. The number of aromatic amines is 2. The summed E-state index contributed by atoms with van der Waals surface area (Å²) in [6, 6.07) is 3.95. The normalized spacial score (nSPS) is 11.5. The number of thiophene rings is 1. The number of hydrogen-bond acceptors (Lipinski definition) is 7. The van der Waals surface area contributed by atoms with E-state index in [1.54, 1.807) is 17.5 Å². The zero-order chi connectivity index (χ0) is 20.1. The summed E-state index contributed by atoms with van der Waals surface area (Å²) in [7, 11) is 0. The van der Waals surface area contributed by atoms with Crippen LogP contribution in [0.15, 0.2) is 54.0 Å². The fraction of sp³-hybridized carbons (Fsp3) is 0. The molecule has 0 radical (unpaired) electrons. The molecule has 0 spiro atoms. The van der Waals surface area contributed by atoms with E-state index in [-0.39, 0.29) is 11.0 Å². The van der Waals surface area contributed by atoms with Crippen molar-refractivity contribution in [2.45, 2.75) is 0 Å². The highest BCUT2D eigenvalue weighted by molar-refractivity contribution is 7.08. The van der Waals surface area contributed by atoms with Crippen LogP contribution in [0, 0.1) is 5.82 Å². The summed E-state index contributed by atoms with van der Waals surface area (Å²) in [6.07, 6.45) is 7.60. The predicted molar refractivity (Wildman–Crippen MR) is 111 cm³/mol. The molecule has 0 aliphatic rings. The Kier molecular flexibility index (Phi) is 3.65. The summed E-state index contributed by atoms with van der Waals surface area (Å²) in [4.78, 5) is 24.4. The van der Waals surface area contributed by atoms with E-state index in [0.717, 1.165) is 16.6 Å². The zero-order valence-electron chi connectivity index (χ0n) is 15.2. The minimum atomic E-state index is -0.468. The van der Waals surface area contributed by atoms with E-state index >= 15 is 4.39 Å². The van der Waals surface area contributed by atoms with Crippen LogP contribution in [-0.4, -0.2) is 40.1 Å². The van der Waals surface area contributed by atoms with Gasteiger partial charge in [0.25, 0.3) is 0 Å². The van der Waals surface area contributed by atoms with E-state index in [2.05, 4.69) is 45.5 Å². The number of nitrogens with one attached hydrogen (secondary N) is 2. The van der Waals surface area contributed by atoms with Crippen molar-refractivity contribution < 1.29 is 4.39 Å². The predicted octanol–water partition coefficient (Wildman–Crippen LogP) is 4.22. The second-order valence-corrected chi connectivity index (χ2v) is 7.34. The molecule has 0 saturated heterocycles. The number of halogens is 1. The average molecular weight is 414 g/mol. The summed E-state index contributed by atoms with van der Waals surface area (Å²) >= 11 is 1.61. The van der Waals surface area contributed by atoms with Crippen LogP contribution in [-0.2, 0) is 0 Å². The Morgan fingerprint density at radius 2 is 1.83 bits per heavy atom. The third kappa shape index (κ3) is 2.51. The topological polar surface area (TPSA) is 109 Å². The monoisotopic (exact) mass is 414 g/mol. The molecule has 10 heteroatoms. The smallest absolute Gasteiger partial charge is 0.184 e. The van der Waals surface area contributed by atoms with Crippen LogP contribution in [0.2, 0.25) is 0 Å². The van der Waals surface area contributed by atoms with E-state index in [9.17, 15) is 0 Å². The van der Waals surface area contributed by atoms with Crippen molar-refractivity contribution in [3.63, 3.8) is 0 Å². The van der Waals surface area contributed by atoms with Crippen LogP contribution < -0.4 is 0 Å². The van der Waals surface area contributed by atoms with Crippen LogP contribution >= 0.6 is 11.3 Å². The first kappa shape index (κ1) is 16.9. The molecular weight excluding hydrogens is 403 g/mol. The third-order valence-corrected chi connectivity index (χ3v) is 5.53. The number of pyridine rings is 2. The van der Waals surface area contributed by atoms with Crippen molar-refractivity contribution in [2.75, 3.05) is 0 Å². The quantitative estimate of drug-likeness (QED) is 0.449. The molecule has 0 aromatic carbocycles. The molecule has 0 amide bonds. The molecule has 0 aliphatic heterocycles. The summed E-state index contributed by atoms with van der Waals surface area (Å²) in [5.41, 5.74) is 4.84. The lowest BCUT2D eigenvalue weighted by Crippen LogP contribution is -1.91. The fourth-order valence-electron chi connectivity index (χ4n) is 3.45. The van der Waals surface area contributed by atoms with Gasteiger partial charge in [0.2, 0.25) is 0 Å². The van der Waals surface area contributed by atoms with Gasteiger partial charge in [-0.15, -0.1) is 0 Å². The highest BCUT2D eigenvalue weighted by Gasteiger charge is 2.21. The molecular formula is C20H11FN8S. The molecule has 6 aromatic heterocycles. The Labute approximate surface area is 171 Å². The van der Waals surface area contributed by atoms with Crippen molar-refractivity contribution in [3.05, 3.63) is 59.8 Å². The number of hydrogen-bond donors (Lipinski definition) is 2. The number of rotatable bonds is 3. The van der Waals surface area contributed by atoms with Crippen molar-refractivity contribution in [3.8, 4) is 33.8 Å². The van der Waals surface area contributed by atoms with E-state index in [1.165, 1.54) is 24.9 Å². The molecule has 0 bridgehead atoms. The van der Waals surface area contributed by atoms with Gasteiger partial charge in [0.15, 0.2) is 17.1 Å². The standard InChI is InChI=1S/C20H11FN8S/c21-15-13(11-5-22-9-23-6-11)7-25-18-14(15)17(28-29-18)20-26-16-12(10-2-4-30-8-10)1-3-24-19(16)27-20/h1-9H,(H,24,26,27)(H,25,28,29). The molecule has 0 aliphatic carbocycles.